The minimum atomic E-state index is -1.17. The summed E-state index contributed by atoms with van der Waals surface area (Å²) in [5.41, 5.74) is 1.03. The second-order valence-electron chi connectivity index (χ2n) is 4.66. The summed E-state index contributed by atoms with van der Waals surface area (Å²) in [6, 6.07) is 13.8. The topological polar surface area (TPSA) is 92.7 Å². The van der Waals surface area contributed by atoms with Crippen LogP contribution in [-0.4, -0.2) is 29.8 Å². The quantitative estimate of drug-likeness (QED) is 0.809. The molecule has 6 nitrogen and oxygen atoms in total. The fourth-order valence-corrected chi connectivity index (χ4v) is 1.89. The van der Waals surface area contributed by atoms with E-state index in [1.165, 1.54) is 12.1 Å². The number of nitrogens with one attached hydrogen (secondary N) is 1. The number of hydrogen-bond donors (Lipinski definition) is 2. The molecule has 0 saturated heterocycles. The van der Waals surface area contributed by atoms with Crippen LogP contribution in [0.3, 0.4) is 0 Å². The van der Waals surface area contributed by atoms with E-state index in [0.717, 1.165) is 5.56 Å². The minimum Gasteiger partial charge on any atom is -0.489 e. The molecule has 0 fully saturated rings. The average Bonchev–Trinajstić information content (AvgIpc) is 2.58. The standard InChI is InChI=1S/C17H14NO5/c19-10-13-8-14(23-11-12-4-2-1-3-5-12)6-7-15(13)17(22)18-9-16(20)21/h1-8H,9,11H2,(H,18,22)(H,20,21). The first kappa shape index (κ1) is 16.2. The number of amides is 1. The minimum absolute atomic E-state index is 0.0125. The van der Waals surface area contributed by atoms with E-state index in [-0.39, 0.29) is 11.1 Å². The molecule has 0 spiro atoms. The molecule has 1 radical (unpaired) electrons. The van der Waals surface area contributed by atoms with Crippen molar-refractivity contribution in [3.05, 3.63) is 65.2 Å². The van der Waals surface area contributed by atoms with Crippen molar-refractivity contribution in [1.82, 2.24) is 5.32 Å². The molecule has 0 aliphatic carbocycles. The number of aliphatic carboxylic acids is 1. The highest BCUT2D eigenvalue weighted by Crippen LogP contribution is 2.18. The average molecular weight is 312 g/mol. The van der Waals surface area contributed by atoms with Gasteiger partial charge < -0.3 is 15.2 Å². The number of carbonyl (C=O) groups is 2. The van der Waals surface area contributed by atoms with Crippen molar-refractivity contribution in [2.75, 3.05) is 6.54 Å². The maximum absolute atomic E-state index is 11.8. The van der Waals surface area contributed by atoms with Crippen LogP contribution in [0.15, 0.2) is 48.5 Å². The molecule has 23 heavy (non-hydrogen) atoms. The van der Waals surface area contributed by atoms with Crippen molar-refractivity contribution in [2.45, 2.75) is 6.61 Å². The molecule has 0 aliphatic rings. The zero-order valence-corrected chi connectivity index (χ0v) is 12.1. The van der Waals surface area contributed by atoms with Gasteiger partial charge in [0.05, 0.1) is 5.56 Å². The molecule has 0 heterocycles. The maximum Gasteiger partial charge on any atom is 0.322 e. The Bertz CT molecular complexity index is 712. The van der Waals surface area contributed by atoms with E-state index in [2.05, 4.69) is 5.32 Å². The lowest BCUT2D eigenvalue weighted by Gasteiger charge is -2.09. The summed E-state index contributed by atoms with van der Waals surface area (Å²) in [6.45, 7) is -0.201. The highest BCUT2D eigenvalue weighted by atomic mass is 16.5. The van der Waals surface area contributed by atoms with Gasteiger partial charge in [0.15, 0.2) is 0 Å². The Labute approximate surface area is 132 Å². The van der Waals surface area contributed by atoms with Crippen LogP contribution in [0.2, 0.25) is 0 Å². The Morgan fingerprint density at radius 2 is 1.87 bits per heavy atom. The summed E-state index contributed by atoms with van der Waals surface area (Å²) in [6.07, 6.45) is 1.66. The van der Waals surface area contributed by atoms with Crippen molar-refractivity contribution in [1.29, 1.82) is 0 Å². The highest BCUT2D eigenvalue weighted by molar-refractivity contribution is 6.02. The van der Waals surface area contributed by atoms with E-state index in [0.29, 0.717) is 12.4 Å². The van der Waals surface area contributed by atoms with Crippen LogP contribution < -0.4 is 10.1 Å². The van der Waals surface area contributed by atoms with Crippen LogP contribution in [0.5, 0.6) is 5.75 Å². The molecule has 2 rings (SSSR count). The summed E-state index contributed by atoms with van der Waals surface area (Å²) >= 11 is 0. The van der Waals surface area contributed by atoms with Gasteiger partial charge in [-0.15, -0.1) is 0 Å². The predicted octanol–water partition coefficient (Wildman–Crippen LogP) is 1.54. The molecule has 0 unspecified atom stereocenters. The Morgan fingerprint density at radius 3 is 2.52 bits per heavy atom. The van der Waals surface area contributed by atoms with Crippen LogP contribution in [-0.2, 0) is 16.2 Å². The summed E-state index contributed by atoms with van der Waals surface area (Å²) in [5.74, 6) is -1.40. The maximum atomic E-state index is 11.8. The number of rotatable bonds is 7. The third-order valence-electron chi connectivity index (χ3n) is 2.99. The Kier molecular flexibility index (Phi) is 5.46. The molecule has 0 bridgehead atoms. The van der Waals surface area contributed by atoms with Gasteiger partial charge in [0.25, 0.3) is 5.91 Å². The Hall–Kier alpha value is -3.15. The van der Waals surface area contributed by atoms with Crippen molar-refractivity contribution in [2.24, 2.45) is 0 Å². The van der Waals surface area contributed by atoms with Crippen LogP contribution in [0.1, 0.15) is 21.5 Å². The van der Waals surface area contributed by atoms with E-state index in [1.54, 1.807) is 12.4 Å². The van der Waals surface area contributed by atoms with Gasteiger partial charge in [-0.2, -0.15) is 0 Å². The van der Waals surface area contributed by atoms with Crippen molar-refractivity contribution >= 4 is 18.2 Å². The van der Waals surface area contributed by atoms with Gasteiger partial charge in [0, 0.05) is 5.56 Å². The first-order chi connectivity index (χ1) is 11.1. The zero-order valence-electron chi connectivity index (χ0n) is 12.1. The molecular weight excluding hydrogens is 298 g/mol. The summed E-state index contributed by atoms with van der Waals surface area (Å²) in [5, 5.41) is 10.7. The predicted molar refractivity (Wildman–Crippen MR) is 82.0 cm³/mol. The van der Waals surface area contributed by atoms with Crippen LogP contribution >= 0.6 is 0 Å². The number of carbonyl (C=O) groups excluding carboxylic acids is 2. The van der Waals surface area contributed by atoms with Crippen molar-refractivity contribution < 1.29 is 24.2 Å². The van der Waals surface area contributed by atoms with E-state index in [4.69, 9.17) is 9.84 Å². The molecular formula is C17H14NO5. The molecule has 117 valence electrons. The Morgan fingerprint density at radius 1 is 1.13 bits per heavy atom. The first-order valence-corrected chi connectivity index (χ1v) is 6.79. The van der Waals surface area contributed by atoms with E-state index in [9.17, 15) is 14.4 Å². The summed E-state index contributed by atoms with van der Waals surface area (Å²) < 4.78 is 5.56. The SMILES string of the molecule is O=[C]c1cc(OCc2ccccc2)ccc1C(=O)NCC(=O)O. The second kappa shape index (κ2) is 7.74. The van der Waals surface area contributed by atoms with Gasteiger partial charge in [-0.25, -0.2) is 0 Å². The zero-order chi connectivity index (χ0) is 16.7. The lowest BCUT2D eigenvalue weighted by molar-refractivity contribution is -0.135. The normalized spacial score (nSPS) is 9.91. The van der Waals surface area contributed by atoms with E-state index in [1.807, 2.05) is 30.3 Å². The molecule has 0 atom stereocenters. The Balaban J connectivity index is 2.08. The largest absolute Gasteiger partial charge is 0.489 e. The number of carboxylic acids is 1. The summed E-state index contributed by atoms with van der Waals surface area (Å²) in [7, 11) is 0. The van der Waals surface area contributed by atoms with Gasteiger partial charge in [-0.3, -0.25) is 14.4 Å². The first-order valence-electron chi connectivity index (χ1n) is 6.79. The molecule has 2 N–H and O–H groups in total. The molecule has 1 amide bonds. The number of hydrogen-bond acceptors (Lipinski definition) is 4. The molecule has 2 aromatic carbocycles. The highest BCUT2D eigenvalue weighted by Gasteiger charge is 2.13. The van der Waals surface area contributed by atoms with Gasteiger partial charge in [-0.1, -0.05) is 30.3 Å². The number of benzene rings is 2. The van der Waals surface area contributed by atoms with Crippen LogP contribution in [0, 0.1) is 0 Å². The van der Waals surface area contributed by atoms with Gasteiger partial charge in [0.2, 0.25) is 6.29 Å². The third-order valence-corrected chi connectivity index (χ3v) is 2.99. The van der Waals surface area contributed by atoms with Crippen molar-refractivity contribution in [3.8, 4) is 5.75 Å². The van der Waals surface area contributed by atoms with Gasteiger partial charge in [0.1, 0.15) is 18.9 Å². The molecule has 0 aromatic heterocycles. The summed E-state index contributed by atoms with van der Waals surface area (Å²) in [4.78, 5) is 33.3. The molecule has 6 heteroatoms. The fraction of sp³-hybridized carbons (Fsp3) is 0.118. The monoisotopic (exact) mass is 312 g/mol. The molecule has 0 saturated carbocycles. The van der Waals surface area contributed by atoms with Crippen LogP contribution in [0.4, 0.5) is 0 Å². The fourth-order valence-electron chi connectivity index (χ4n) is 1.89. The lowest BCUT2D eigenvalue weighted by atomic mass is 10.1. The van der Waals surface area contributed by atoms with E-state index >= 15 is 0 Å². The molecule has 2 aromatic rings. The van der Waals surface area contributed by atoms with Gasteiger partial charge >= 0.3 is 5.97 Å². The second-order valence-corrected chi connectivity index (χ2v) is 4.66. The third kappa shape index (κ3) is 4.67. The van der Waals surface area contributed by atoms with E-state index < -0.39 is 18.4 Å². The number of ether oxygens (including phenoxy) is 1. The molecule has 0 aliphatic heterocycles. The van der Waals surface area contributed by atoms with Gasteiger partial charge in [-0.05, 0) is 23.8 Å². The smallest absolute Gasteiger partial charge is 0.322 e. The number of carboxylic acid groups (broad SMARTS) is 1. The van der Waals surface area contributed by atoms with Crippen LogP contribution in [0.25, 0.3) is 0 Å². The lowest BCUT2D eigenvalue weighted by Crippen LogP contribution is -2.29. The van der Waals surface area contributed by atoms with Crippen molar-refractivity contribution in [3.63, 3.8) is 0 Å².